The van der Waals surface area contributed by atoms with Gasteiger partial charge in [0.15, 0.2) is 0 Å². The van der Waals surface area contributed by atoms with E-state index in [-0.39, 0.29) is 6.04 Å². The van der Waals surface area contributed by atoms with Crippen molar-refractivity contribution in [2.24, 2.45) is 17.1 Å². The van der Waals surface area contributed by atoms with Crippen LogP contribution in [0, 0.1) is 25.2 Å². The van der Waals surface area contributed by atoms with Crippen LogP contribution in [0.25, 0.3) is 0 Å². The van der Waals surface area contributed by atoms with Crippen molar-refractivity contribution in [3.05, 3.63) is 34.9 Å². The molecule has 0 fully saturated rings. The largest absolute Gasteiger partial charge is 0.324 e. The number of rotatable bonds is 4. The minimum atomic E-state index is 0.169. The smallest absolute Gasteiger partial charge is 0.0300 e. The van der Waals surface area contributed by atoms with Gasteiger partial charge in [-0.2, -0.15) is 0 Å². The van der Waals surface area contributed by atoms with Gasteiger partial charge in [0.1, 0.15) is 0 Å². The zero-order valence-corrected chi connectivity index (χ0v) is 12.9. The second-order valence-corrected chi connectivity index (χ2v) is 7.07. The van der Waals surface area contributed by atoms with E-state index in [0.29, 0.717) is 11.3 Å². The van der Waals surface area contributed by atoms with E-state index in [4.69, 9.17) is 5.73 Å². The number of aryl methyl sites for hydroxylation is 2. The molecule has 1 rings (SSSR count). The van der Waals surface area contributed by atoms with Gasteiger partial charge in [0.2, 0.25) is 0 Å². The third-order valence-electron chi connectivity index (χ3n) is 3.45. The third kappa shape index (κ3) is 4.81. The molecule has 0 heterocycles. The molecule has 18 heavy (non-hydrogen) atoms. The Kier molecular flexibility index (Phi) is 4.98. The van der Waals surface area contributed by atoms with Crippen LogP contribution in [0.3, 0.4) is 0 Å². The first-order valence-corrected chi connectivity index (χ1v) is 7.02. The highest BCUT2D eigenvalue weighted by Crippen LogP contribution is 2.30. The van der Waals surface area contributed by atoms with Gasteiger partial charge in [-0.15, -0.1) is 0 Å². The fourth-order valence-corrected chi connectivity index (χ4v) is 2.85. The zero-order valence-electron chi connectivity index (χ0n) is 12.9. The Morgan fingerprint density at radius 2 is 1.78 bits per heavy atom. The van der Waals surface area contributed by atoms with E-state index >= 15 is 0 Å². The highest BCUT2D eigenvalue weighted by atomic mass is 14.6. The van der Waals surface area contributed by atoms with Gasteiger partial charge in [-0.05, 0) is 49.1 Å². The van der Waals surface area contributed by atoms with Crippen LogP contribution in [0.5, 0.6) is 0 Å². The van der Waals surface area contributed by atoms with Gasteiger partial charge >= 0.3 is 0 Å². The summed E-state index contributed by atoms with van der Waals surface area (Å²) >= 11 is 0. The lowest BCUT2D eigenvalue weighted by atomic mass is 9.81. The lowest BCUT2D eigenvalue weighted by molar-refractivity contribution is 0.286. The first-order valence-electron chi connectivity index (χ1n) is 7.02. The molecular formula is C17H29N. The van der Waals surface area contributed by atoms with Crippen molar-refractivity contribution < 1.29 is 0 Å². The molecule has 0 aliphatic heterocycles. The van der Waals surface area contributed by atoms with E-state index in [1.165, 1.54) is 23.1 Å². The van der Waals surface area contributed by atoms with Gasteiger partial charge in [0, 0.05) is 6.04 Å². The monoisotopic (exact) mass is 247 g/mol. The van der Waals surface area contributed by atoms with Crippen LogP contribution in [-0.4, -0.2) is 0 Å². The maximum atomic E-state index is 6.38. The highest BCUT2D eigenvalue weighted by Gasteiger charge is 2.19. The average Bonchev–Trinajstić information content (AvgIpc) is 2.18. The molecule has 0 aliphatic carbocycles. The maximum Gasteiger partial charge on any atom is 0.0300 e. The molecule has 0 saturated heterocycles. The summed E-state index contributed by atoms with van der Waals surface area (Å²) in [6.45, 7) is 13.5. The quantitative estimate of drug-likeness (QED) is 0.815. The topological polar surface area (TPSA) is 26.0 Å². The minimum Gasteiger partial charge on any atom is -0.324 e. The third-order valence-corrected chi connectivity index (χ3v) is 3.45. The molecule has 0 spiro atoms. The lowest BCUT2D eigenvalue weighted by Crippen LogP contribution is -2.19. The fourth-order valence-electron chi connectivity index (χ4n) is 2.85. The van der Waals surface area contributed by atoms with E-state index in [2.05, 4.69) is 59.7 Å². The Balaban J connectivity index is 2.70. The zero-order chi connectivity index (χ0) is 13.9. The molecule has 2 unspecified atom stereocenters. The second kappa shape index (κ2) is 5.88. The SMILES string of the molecule is Cc1ccc(C)c(C(N)CC(C)CC(C)(C)C)c1. The van der Waals surface area contributed by atoms with Crippen LogP contribution in [-0.2, 0) is 0 Å². The fraction of sp³-hybridized carbons (Fsp3) is 0.647. The minimum absolute atomic E-state index is 0.169. The van der Waals surface area contributed by atoms with Crippen LogP contribution in [0.4, 0.5) is 0 Å². The van der Waals surface area contributed by atoms with Gasteiger partial charge in [-0.25, -0.2) is 0 Å². The number of benzene rings is 1. The van der Waals surface area contributed by atoms with Gasteiger partial charge in [0.25, 0.3) is 0 Å². The summed E-state index contributed by atoms with van der Waals surface area (Å²) in [5.41, 5.74) is 10.7. The molecular weight excluding hydrogens is 218 g/mol. The maximum absolute atomic E-state index is 6.38. The van der Waals surface area contributed by atoms with Gasteiger partial charge < -0.3 is 5.73 Å². The first-order chi connectivity index (χ1) is 8.19. The van der Waals surface area contributed by atoms with E-state index < -0.39 is 0 Å². The van der Waals surface area contributed by atoms with Gasteiger partial charge in [-0.3, -0.25) is 0 Å². The Hall–Kier alpha value is -0.820. The molecule has 0 bridgehead atoms. The predicted molar refractivity (Wildman–Crippen MR) is 80.7 cm³/mol. The molecule has 2 N–H and O–H groups in total. The van der Waals surface area contributed by atoms with Crippen LogP contribution >= 0.6 is 0 Å². The van der Waals surface area contributed by atoms with Gasteiger partial charge in [-0.1, -0.05) is 51.5 Å². The number of hydrogen-bond donors (Lipinski definition) is 1. The average molecular weight is 247 g/mol. The Morgan fingerprint density at radius 1 is 1.17 bits per heavy atom. The summed E-state index contributed by atoms with van der Waals surface area (Å²) < 4.78 is 0. The standard InChI is InChI=1S/C17H29N/c1-12-7-8-14(3)15(9-12)16(18)10-13(2)11-17(4,5)6/h7-9,13,16H,10-11,18H2,1-6H3. The molecule has 1 nitrogen and oxygen atoms in total. The van der Waals surface area contributed by atoms with Crippen molar-refractivity contribution in [2.45, 2.75) is 60.4 Å². The van der Waals surface area contributed by atoms with E-state index in [0.717, 1.165) is 6.42 Å². The second-order valence-electron chi connectivity index (χ2n) is 7.07. The van der Waals surface area contributed by atoms with E-state index in [1.807, 2.05) is 0 Å². The first kappa shape index (κ1) is 15.2. The molecule has 0 aromatic heterocycles. The molecule has 2 atom stereocenters. The number of hydrogen-bond acceptors (Lipinski definition) is 1. The molecule has 0 amide bonds. The van der Waals surface area contributed by atoms with Crippen LogP contribution < -0.4 is 5.73 Å². The predicted octanol–water partition coefficient (Wildman–Crippen LogP) is 4.77. The van der Waals surface area contributed by atoms with Crippen LogP contribution in [0.1, 0.15) is 63.3 Å². The van der Waals surface area contributed by atoms with Crippen molar-refractivity contribution in [3.63, 3.8) is 0 Å². The van der Waals surface area contributed by atoms with Crippen molar-refractivity contribution in [1.29, 1.82) is 0 Å². The Bertz CT molecular complexity index is 387. The van der Waals surface area contributed by atoms with Crippen LogP contribution in [0.15, 0.2) is 18.2 Å². The van der Waals surface area contributed by atoms with Gasteiger partial charge in [0.05, 0.1) is 0 Å². The highest BCUT2D eigenvalue weighted by molar-refractivity contribution is 5.32. The summed E-state index contributed by atoms with van der Waals surface area (Å²) in [5, 5.41) is 0. The summed E-state index contributed by atoms with van der Waals surface area (Å²) in [6, 6.07) is 6.75. The Labute approximate surface area is 113 Å². The van der Waals surface area contributed by atoms with Crippen molar-refractivity contribution >= 4 is 0 Å². The molecule has 1 aromatic carbocycles. The van der Waals surface area contributed by atoms with Crippen molar-refractivity contribution in [2.75, 3.05) is 0 Å². The lowest BCUT2D eigenvalue weighted by Gasteiger charge is -2.26. The van der Waals surface area contributed by atoms with E-state index in [1.54, 1.807) is 0 Å². The summed E-state index contributed by atoms with van der Waals surface area (Å²) in [6.07, 6.45) is 2.30. The molecule has 1 aromatic rings. The molecule has 0 saturated carbocycles. The number of nitrogens with two attached hydrogens (primary N) is 1. The van der Waals surface area contributed by atoms with Crippen LogP contribution in [0.2, 0.25) is 0 Å². The molecule has 102 valence electrons. The van der Waals surface area contributed by atoms with E-state index in [9.17, 15) is 0 Å². The Morgan fingerprint density at radius 3 is 2.33 bits per heavy atom. The summed E-state index contributed by atoms with van der Waals surface area (Å²) in [4.78, 5) is 0. The normalized spacial score (nSPS) is 15.5. The molecule has 1 heteroatoms. The van der Waals surface area contributed by atoms with Crippen molar-refractivity contribution in [3.8, 4) is 0 Å². The summed E-state index contributed by atoms with van der Waals surface area (Å²) in [5.74, 6) is 0.667. The van der Waals surface area contributed by atoms with Crippen molar-refractivity contribution in [1.82, 2.24) is 0 Å². The molecule has 0 aliphatic rings. The molecule has 0 radical (unpaired) electrons. The summed E-state index contributed by atoms with van der Waals surface area (Å²) in [7, 11) is 0.